The fourth-order valence-electron chi connectivity index (χ4n) is 6.99. The summed E-state index contributed by atoms with van der Waals surface area (Å²) in [6, 6.07) is 56.7. The summed E-state index contributed by atoms with van der Waals surface area (Å²) in [6.07, 6.45) is 0. The SMILES string of the molecule is c1ccc(-c2ccc(-c3nc(-c4ccccc4)nc(-c4cccc5c4oc4cccc(-c6cccc7c6sc6ccccc67)c45)n3)cc2)cc1. The highest BCUT2D eigenvalue weighted by Crippen LogP contribution is 2.45. The largest absolute Gasteiger partial charge is 0.455 e. The fourth-order valence-corrected chi connectivity index (χ4v) is 8.22. The second-order valence-corrected chi connectivity index (χ2v) is 13.4. The molecule has 0 N–H and O–H groups in total. The smallest absolute Gasteiger partial charge is 0.167 e. The van der Waals surface area contributed by atoms with E-state index in [9.17, 15) is 0 Å². The van der Waals surface area contributed by atoms with Crippen LogP contribution in [0.2, 0.25) is 0 Å². The molecule has 0 atom stereocenters. The van der Waals surface area contributed by atoms with Gasteiger partial charge in [0.25, 0.3) is 0 Å². The number of hydrogen-bond acceptors (Lipinski definition) is 5. The van der Waals surface area contributed by atoms with Crippen molar-refractivity contribution in [2.45, 2.75) is 0 Å². The van der Waals surface area contributed by atoms with E-state index < -0.39 is 0 Å². The van der Waals surface area contributed by atoms with Gasteiger partial charge in [0, 0.05) is 47.6 Å². The molecule has 234 valence electrons. The number of aromatic nitrogens is 3. The monoisotopic (exact) mass is 657 g/mol. The van der Waals surface area contributed by atoms with Gasteiger partial charge in [-0.15, -0.1) is 11.3 Å². The number of hydrogen-bond donors (Lipinski definition) is 0. The summed E-state index contributed by atoms with van der Waals surface area (Å²) < 4.78 is 9.30. The van der Waals surface area contributed by atoms with Gasteiger partial charge in [-0.3, -0.25) is 0 Å². The van der Waals surface area contributed by atoms with Crippen LogP contribution in [0.4, 0.5) is 0 Å². The Hall–Kier alpha value is -6.43. The molecule has 0 saturated heterocycles. The third-order valence-electron chi connectivity index (χ3n) is 9.38. The zero-order valence-corrected chi connectivity index (χ0v) is 27.6. The van der Waals surface area contributed by atoms with Crippen LogP contribution in [0, 0.1) is 0 Å². The highest BCUT2D eigenvalue weighted by Gasteiger charge is 2.21. The minimum atomic E-state index is 0.568. The van der Waals surface area contributed by atoms with E-state index in [1.54, 1.807) is 0 Å². The van der Waals surface area contributed by atoms with Crippen molar-refractivity contribution in [2.24, 2.45) is 0 Å². The molecule has 0 amide bonds. The lowest BCUT2D eigenvalue weighted by Crippen LogP contribution is -2.00. The Balaban J connectivity index is 1.16. The average Bonchev–Trinajstić information content (AvgIpc) is 3.77. The molecule has 0 radical (unpaired) electrons. The molecule has 10 aromatic rings. The molecule has 0 unspecified atom stereocenters. The summed E-state index contributed by atoms with van der Waals surface area (Å²) >= 11 is 1.84. The summed E-state index contributed by atoms with van der Waals surface area (Å²) in [5, 5.41) is 4.68. The molecule has 3 heterocycles. The molecule has 4 nitrogen and oxygen atoms in total. The van der Waals surface area contributed by atoms with Gasteiger partial charge >= 0.3 is 0 Å². The molecule has 3 aromatic heterocycles. The summed E-state index contributed by atoms with van der Waals surface area (Å²) in [5.41, 5.74) is 8.92. The zero-order valence-electron chi connectivity index (χ0n) is 26.7. The van der Waals surface area contributed by atoms with Crippen LogP contribution >= 0.6 is 11.3 Å². The molecular weight excluding hydrogens is 631 g/mol. The molecule has 0 saturated carbocycles. The molecular formula is C45H27N3OS. The molecule has 0 aliphatic carbocycles. The van der Waals surface area contributed by atoms with Crippen molar-refractivity contribution in [3.63, 3.8) is 0 Å². The van der Waals surface area contributed by atoms with Gasteiger partial charge in [-0.1, -0.05) is 146 Å². The van der Waals surface area contributed by atoms with Crippen LogP contribution in [0.15, 0.2) is 168 Å². The van der Waals surface area contributed by atoms with Gasteiger partial charge in [-0.2, -0.15) is 0 Å². The zero-order chi connectivity index (χ0) is 33.0. The van der Waals surface area contributed by atoms with Crippen molar-refractivity contribution in [2.75, 3.05) is 0 Å². The van der Waals surface area contributed by atoms with Crippen LogP contribution in [0.1, 0.15) is 0 Å². The highest BCUT2D eigenvalue weighted by molar-refractivity contribution is 7.26. The Labute approximate surface area is 292 Å². The molecule has 0 aliphatic heterocycles. The number of fused-ring (bicyclic) bond motifs is 6. The summed E-state index contributed by atoms with van der Waals surface area (Å²) in [4.78, 5) is 15.1. The molecule has 5 heteroatoms. The first-order chi connectivity index (χ1) is 24.8. The highest BCUT2D eigenvalue weighted by atomic mass is 32.1. The van der Waals surface area contributed by atoms with E-state index in [1.165, 1.54) is 31.3 Å². The van der Waals surface area contributed by atoms with Crippen molar-refractivity contribution in [3.8, 4) is 56.4 Å². The number of para-hydroxylation sites is 1. The molecule has 0 aliphatic rings. The number of thiophene rings is 1. The number of benzene rings is 7. The lowest BCUT2D eigenvalue weighted by Gasteiger charge is -2.09. The Morgan fingerprint density at radius 3 is 1.70 bits per heavy atom. The van der Waals surface area contributed by atoms with Gasteiger partial charge in [-0.05, 0) is 34.9 Å². The Morgan fingerprint density at radius 2 is 0.920 bits per heavy atom. The normalized spacial score (nSPS) is 11.6. The van der Waals surface area contributed by atoms with E-state index in [1.807, 2.05) is 53.8 Å². The fraction of sp³-hybridized carbons (Fsp3) is 0. The van der Waals surface area contributed by atoms with E-state index in [4.69, 9.17) is 19.4 Å². The molecule has 7 aromatic carbocycles. The summed E-state index contributed by atoms with van der Waals surface area (Å²) in [7, 11) is 0. The number of furan rings is 1. The summed E-state index contributed by atoms with van der Waals surface area (Å²) in [5.74, 6) is 1.79. The van der Waals surface area contributed by atoms with Crippen LogP contribution in [-0.2, 0) is 0 Å². The van der Waals surface area contributed by atoms with Crippen LogP contribution < -0.4 is 0 Å². The number of nitrogens with zero attached hydrogens (tertiary/aromatic N) is 3. The average molecular weight is 658 g/mol. The maximum Gasteiger partial charge on any atom is 0.167 e. The minimum absolute atomic E-state index is 0.568. The third-order valence-corrected chi connectivity index (χ3v) is 10.6. The molecule has 0 spiro atoms. The van der Waals surface area contributed by atoms with Crippen LogP contribution in [0.3, 0.4) is 0 Å². The maximum atomic E-state index is 6.73. The lowest BCUT2D eigenvalue weighted by atomic mass is 9.97. The quantitative estimate of drug-likeness (QED) is 0.185. The Kier molecular flexibility index (Phi) is 6.64. The standard InChI is InChI=1S/C45H27N3OS/c1-3-12-28(13-4-1)29-24-26-31(27-25-29)44-46-43(30-14-5-2-6-15-30)47-45(48-44)37-21-10-20-36-40-33(17-11-22-38(40)49-41(36)37)35-19-9-18-34-32-16-7-8-23-39(32)50-42(34)35/h1-27H. The Morgan fingerprint density at radius 1 is 0.380 bits per heavy atom. The number of rotatable bonds is 5. The first-order valence-corrected chi connectivity index (χ1v) is 17.4. The van der Waals surface area contributed by atoms with Gasteiger partial charge < -0.3 is 4.42 Å². The van der Waals surface area contributed by atoms with Crippen LogP contribution in [0.5, 0.6) is 0 Å². The third kappa shape index (κ3) is 4.71. The minimum Gasteiger partial charge on any atom is -0.455 e. The van der Waals surface area contributed by atoms with Gasteiger partial charge in [0.05, 0.1) is 5.56 Å². The Bertz CT molecular complexity index is 2860. The van der Waals surface area contributed by atoms with Crippen molar-refractivity contribution < 1.29 is 4.42 Å². The van der Waals surface area contributed by atoms with Crippen LogP contribution in [0.25, 0.3) is 98.5 Å². The van der Waals surface area contributed by atoms with Crippen molar-refractivity contribution >= 4 is 53.4 Å². The predicted molar refractivity (Wildman–Crippen MR) is 207 cm³/mol. The van der Waals surface area contributed by atoms with Gasteiger partial charge in [0.15, 0.2) is 17.5 Å². The molecule has 10 rings (SSSR count). The molecule has 0 bridgehead atoms. The lowest BCUT2D eigenvalue weighted by molar-refractivity contribution is 0.669. The van der Waals surface area contributed by atoms with Gasteiger partial charge in [-0.25, -0.2) is 15.0 Å². The topological polar surface area (TPSA) is 51.8 Å². The van der Waals surface area contributed by atoms with Crippen molar-refractivity contribution in [1.82, 2.24) is 15.0 Å². The summed E-state index contributed by atoms with van der Waals surface area (Å²) in [6.45, 7) is 0. The second-order valence-electron chi connectivity index (χ2n) is 12.4. The van der Waals surface area contributed by atoms with Gasteiger partial charge in [0.2, 0.25) is 0 Å². The van der Waals surface area contributed by atoms with Crippen molar-refractivity contribution in [3.05, 3.63) is 164 Å². The molecule has 50 heavy (non-hydrogen) atoms. The van der Waals surface area contributed by atoms with E-state index in [-0.39, 0.29) is 0 Å². The van der Waals surface area contributed by atoms with Gasteiger partial charge in [0.1, 0.15) is 11.2 Å². The second kappa shape index (κ2) is 11.6. The molecule has 0 fully saturated rings. The van der Waals surface area contributed by atoms with Crippen molar-refractivity contribution in [1.29, 1.82) is 0 Å². The van der Waals surface area contributed by atoms with Crippen LogP contribution in [-0.4, -0.2) is 15.0 Å². The first-order valence-electron chi connectivity index (χ1n) is 16.6. The van der Waals surface area contributed by atoms with E-state index in [0.717, 1.165) is 49.8 Å². The first kappa shape index (κ1) is 28.6. The maximum absolute atomic E-state index is 6.73. The van der Waals surface area contributed by atoms with E-state index in [0.29, 0.717) is 17.5 Å². The van der Waals surface area contributed by atoms with E-state index >= 15 is 0 Å². The van der Waals surface area contributed by atoms with E-state index in [2.05, 4.69) is 121 Å². The predicted octanol–water partition coefficient (Wildman–Crippen LogP) is 12.5.